The number of carbonyl (C=O) groups is 4. The van der Waals surface area contributed by atoms with Crippen LogP contribution < -0.4 is 11.5 Å². The maximum atomic E-state index is 11.6. The molecule has 0 unspecified atom stereocenters. The zero-order valence-electron chi connectivity index (χ0n) is 15.4. The van der Waals surface area contributed by atoms with E-state index in [1.54, 1.807) is 0 Å². The summed E-state index contributed by atoms with van der Waals surface area (Å²) in [5, 5.41) is 0. The summed E-state index contributed by atoms with van der Waals surface area (Å²) in [7, 11) is 0. The van der Waals surface area contributed by atoms with Gasteiger partial charge in [-0.25, -0.2) is 9.59 Å². The molecule has 0 spiro atoms. The largest absolute Gasteiger partial charge is 0.392 e. The van der Waals surface area contributed by atoms with Crippen molar-refractivity contribution >= 4 is 23.9 Å². The van der Waals surface area contributed by atoms with Crippen molar-refractivity contribution in [2.24, 2.45) is 23.3 Å². The van der Waals surface area contributed by atoms with Crippen LogP contribution in [0.1, 0.15) is 59.8 Å². The summed E-state index contributed by atoms with van der Waals surface area (Å²) < 4.78 is 9.23. The molecule has 0 aromatic heterocycles. The van der Waals surface area contributed by atoms with Gasteiger partial charge in [-0.3, -0.25) is 9.59 Å². The summed E-state index contributed by atoms with van der Waals surface area (Å²) in [6, 6.07) is -1.71. The first-order chi connectivity index (χ1) is 11.5. The van der Waals surface area contributed by atoms with Crippen LogP contribution in [0.25, 0.3) is 0 Å². The van der Waals surface area contributed by atoms with Gasteiger partial charge in [0.05, 0.1) is 0 Å². The van der Waals surface area contributed by atoms with Gasteiger partial charge in [-0.15, -0.1) is 0 Å². The van der Waals surface area contributed by atoms with Crippen LogP contribution in [-0.4, -0.2) is 36.0 Å². The lowest BCUT2D eigenvalue weighted by molar-refractivity contribution is -0.161. The molecule has 0 bridgehead atoms. The Hall–Kier alpha value is -1.80. The first kappa shape index (κ1) is 23.2. The summed E-state index contributed by atoms with van der Waals surface area (Å²) >= 11 is 0. The van der Waals surface area contributed by atoms with E-state index in [1.807, 2.05) is 27.7 Å². The molecule has 0 rings (SSSR count). The van der Waals surface area contributed by atoms with Crippen LogP contribution in [0.3, 0.4) is 0 Å². The molecule has 0 fully saturated rings. The lowest BCUT2D eigenvalue weighted by atomic mass is 10.1. The fraction of sp³-hybridized carbons (Fsp3) is 0.765. The van der Waals surface area contributed by atoms with E-state index in [1.165, 1.54) is 0 Å². The second kappa shape index (κ2) is 11.7. The summed E-state index contributed by atoms with van der Waals surface area (Å²) in [6.07, 6.45) is 0.619. The van der Waals surface area contributed by atoms with Crippen molar-refractivity contribution < 1.29 is 28.7 Å². The smallest absolute Gasteiger partial charge is 0.330 e. The number of ether oxygens (including phenoxy) is 2. The molecule has 0 aliphatic carbocycles. The molecule has 0 saturated carbocycles. The van der Waals surface area contributed by atoms with Crippen LogP contribution in [0.4, 0.5) is 0 Å². The van der Waals surface area contributed by atoms with E-state index in [4.69, 9.17) is 11.5 Å². The van der Waals surface area contributed by atoms with Gasteiger partial charge in [-0.1, -0.05) is 27.7 Å². The van der Waals surface area contributed by atoms with E-state index in [0.29, 0.717) is 12.8 Å². The molecule has 0 aliphatic rings. The highest BCUT2D eigenvalue weighted by molar-refractivity contribution is 5.89. The monoisotopic (exact) mass is 358 g/mol. The fourth-order valence-electron chi connectivity index (χ4n) is 2.06. The van der Waals surface area contributed by atoms with Crippen molar-refractivity contribution in [3.8, 4) is 0 Å². The predicted molar refractivity (Wildman–Crippen MR) is 90.9 cm³/mol. The Labute approximate surface area is 148 Å². The molecule has 144 valence electrons. The lowest BCUT2D eigenvalue weighted by Crippen LogP contribution is -2.35. The van der Waals surface area contributed by atoms with Gasteiger partial charge in [-0.05, 0) is 31.1 Å². The Bertz CT molecular complexity index is 434. The maximum Gasteiger partial charge on any atom is 0.330 e. The molecule has 25 heavy (non-hydrogen) atoms. The van der Waals surface area contributed by atoms with E-state index in [2.05, 4.69) is 9.47 Å². The molecule has 0 heterocycles. The predicted octanol–water partition coefficient (Wildman–Crippen LogP) is 1.04. The third-order valence-corrected chi connectivity index (χ3v) is 3.25. The fourth-order valence-corrected chi connectivity index (χ4v) is 2.06. The summed E-state index contributed by atoms with van der Waals surface area (Å²) in [4.78, 5) is 46.2. The Morgan fingerprint density at radius 2 is 1.04 bits per heavy atom. The molecule has 0 radical (unpaired) electrons. The van der Waals surface area contributed by atoms with E-state index < -0.39 is 36.0 Å². The highest BCUT2D eigenvalue weighted by Gasteiger charge is 2.21. The maximum absolute atomic E-state index is 11.6. The molecule has 0 aromatic carbocycles. The number of rotatable bonds is 10. The van der Waals surface area contributed by atoms with Crippen molar-refractivity contribution in [1.29, 1.82) is 0 Å². The molecule has 0 saturated heterocycles. The van der Waals surface area contributed by atoms with Crippen LogP contribution in [0, 0.1) is 11.8 Å². The summed E-state index contributed by atoms with van der Waals surface area (Å²) in [5.74, 6) is -2.69. The van der Waals surface area contributed by atoms with Gasteiger partial charge in [0, 0.05) is 12.8 Å². The SMILES string of the molecule is CC(C)C[C@H](N)C(=O)OC(=O)CCCC(=O)OC(=O)[C@@H](N)CC(C)C. The quantitative estimate of drug-likeness (QED) is 0.436. The van der Waals surface area contributed by atoms with Gasteiger partial charge in [0.15, 0.2) is 0 Å². The van der Waals surface area contributed by atoms with E-state index in [9.17, 15) is 19.2 Å². The average Bonchev–Trinajstić information content (AvgIpc) is 2.45. The molecular weight excluding hydrogens is 328 g/mol. The Morgan fingerprint density at radius 1 is 0.720 bits per heavy atom. The average molecular weight is 358 g/mol. The van der Waals surface area contributed by atoms with E-state index in [-0.39, 0.29) is 31.1 Å². The molecule has 4 N–H and O–H groups in total. The van der Waals surface area contributed by atoms with Crippen LogP contribution in [0.5, 0.6) is 0 Å². The minimum absolute atomic E-state index is 0.0943. The van der Waals surface area contributed by atoms with Crippen molar-refractivity contribution in [1.82, 2.24) is 0 Å². The van der Waals surface area contributed by atoms with Gasteiger partial charge in [0.1, 0.15) is 12.1 Å². The van der Waals surface area contributed by atoms with Crippen molar-refractivity contribution in [2.75, 3.05) is 0 Å². The highest BCUT2D eigenvalue weighted by atomic mass is 16.6. The molecule has 0 aromatic rings. The van der Waals surface area contributed by atoms with E-state index >= 15 is 0 Å². The molecule has 0 amide bonds. The lowest BCUT2D eigenvalue weighted by Gasteiger charge is -2.12. The normalized spacial score (nSPS) is 13.4. The number of hydrogen-bond donors (Lipinski definition) is 2. The number of carbonyl (C=O) groups excluding carboxylic acids is 4. The molecular formula is C17H30N2O6. The van der Waals surface area contributed by atoms with Crippen LogP contribution >= 0.6 is 0 Å². The van der Waals surface area contributed by atoms with Crippen molar-refractivity contribution in [3.63, 3.8) is 0 Å². The molecule has 8 nitrogen and oxygen atoms in total. The third-order valence-electron chi connectivity index (χ3n) is 3.25. The minimum atomic E-state index is -0.853. The first-order valence-corrected chi connectivity index (χ1v) is 8.53. The topological polar surface area (TPSA) is 139 Å². The standard InChI is InChI=1S/C17H30N2O6/c1-10(2)8-12(18)16(22)24-14(20)6-5-7-15(21)25-17(23)13(19)9-11(3)4/h10-13H,5-9,18-19H2,1-4H3/t12-,13-/m0/s1. The number of esters is 4. The van der Waals surface area contributed by atoms with Gasteiger partial charge in [-0.2, -0.15) is 0 Å². The zero-order valence-corrected chi connectivity index (χ0v) is 15.4. The molecule has 8 heteroatoms. The van der Waals surface area contributed by atoms with Crippen LogP contribution in [0.2, 0.25) is 0 Å². The minimum Gasteiger partial charge on any atom is -0.392 e. The third kappa shape index (κ3) is 11.4. The second-order valence-electron chi connectivity index (χ2n) is 6.91. The Kier molecular flexibility index (Phi) is 10.9. The molecule has 2 atom stereocenters. The number of hydrogen-bond acceptors (Lipinski definition) is 8. The van der Waals surface area contributed by atoms with Gasteiger partial charge in [0.2, 0.25) is 0 Å². The molecule has 0 aliphatic heterocycles. The van der Waals surface area contributed by atoms with Crippen molar-refractivity contribution in [2.45, 2.75) is 71.9 Å². The summed E-state index contributed by atoms with van der Waals surface area (Å²) in [5.41, 5.74) is 11.2. The van der Waals surface area contributed by atoms with Gasteiger partial charge >= 0.3 is 23.9 Å². The first-order valence-electron chi connectivity index (χ1n) is 8.53. The van der Waals surface area contributed by atoms with Crippen LogP contribution in [0.15, 0.2) is 0 Å². The van der Waals surface area contributed by atoms with Crippen molar-refractivity contribution in [3.05, 3.63) is 0 Å². The number of nitrogens with two attached hydrogens (primary N) is 2. The Balaban J connectivity index is 4.06. The summed E-state index contributed by atoms with van der Waals surface area (Å²) in [6.45, 7) is 7.59. The highest BCUT2D eigenvalue weighted by Crippen LogP contribution is 2.07. The van der Waals surface area contributed by atoms with E-state index in [0.717, 1.165) is 0 Å². The van der Waals surface area contributed by atoms with Gasteiger partial charge < -0.3 is 20.9 Å². The Morgan fingerprint density at radius 3 is 1.32 bits per heavy atom. The second-order valence-corrected chi connectivity index (χ2v) is 6.91. The van der Waals surface area contributed by atoms with Crippen LogP contribution in [-0.2, 0) is 28.7 Å². The van der Waals surface area contributed by atoms with Gasteiger partial charge in [0.25, 0.3) is 0 Å². The zero-order chi connectivity index (χ0) is 19.6.